The van der Waals surface area contributed by atoms with Crippen LogP contribution in [0.25, 0.3) is 0 Å². The van der Waals surface area contributed by atoms with E-state index in [4.69, 9.17) is 0 Å². The van der Waals surface area contributed by atoms with Crippen molar-refractivity contribution in [2.45, 2.75) is 31.0 Å². The smallest absolute Gasteiger partial charge is 0.315 e. The number of amides is 3. The number of rotatable bonds is 7. The maximum absolute atomic E-state index is 13.8. The van der Waals surface area contributed by atoms with Gasteiger partial charge in [-0.3, -0.25) is 9.69 Å². The lowest BCUT2D eigenvalue weighted by Gasteiger charge is -2.29. The summed E-state index contributed by atoms with van der Waals surface area (Å²) < 4.78 is 0. The quantitative estimate of drug-likeness (QED) is 0.587. The molecule has 30 heavy (non-hydrogen) atoms. The molecule has 1 N–H and O–H groups in total. The van der Waals surface area contributed by atoms with Crippen LogP contribution in [0.3, 0.4) is 0 Å². The maximum atomic E-state index is 13.8. The van der Waals surface area contributed by atoms with Gasteiger partial charge < -0.3 is 5.32 Å². The number of thiophene rings is 1. The lowest BCUT2D eigenvalue weighted by Crippen LogP contribution is -2.46. The average molecular weight is 418 g/mol. The summed E-state index contributed by atoms with van der Waals surface area (Å²) >= 11 is 1.70. The Kier molecular flexibility index (Phi) is 4.89. The van der Waals surface area contributed by atoms with Gasteiger partial charge in [0, 0.05) is 17.5 Å². The molecule has 2 heterocycles. The zero-order chi connectivity index (χ0) is 20.6. The maximum Gasteiger partial charge on any atom is 0.326 e. The van der Waals surface area contributed by atoms with E-state index in [2.05, 4.69) is 21.7 Å². The number of imide groups is 1. The fourth-order valence-corrected chi connectivity index (χ4v) is 4.89. The third-order valence-corrected chi connectivity index (χ3v) is 6.71. The molecule has 1 aliphatic carbocycles. The molecule has 6 heteroatoms. The molecule has 0 unspecified atom stereocenters. The summed E-state index contributed by atoms with van der Waals surface area (Å²) in [5, 5.41) is 5.10. The molecule has 0 radical (unpaired) electrons. The molecule has 3 aromatic rings. The van der Waals surface area contributed by atoms with Crippen LogP contribution < -0.4 is 5.32 Å². The molecule has 2 aromatic carbocycles. The van der Waals surface area contributed by atoms with E-state index < -0.39 is 5.54 Å². The molecule has 1 aromatic heterocycles. The molecule has 0 bridgehead atoms. The van der Waals surface area contributed by atoms with Crippen molar-refractivity contribution in [2.75, 3.05) is 6.67 Å². The van der Waals surface area contributed by atoms with Crippen LogP contribution in [0.15, 0.2) is 78.2 Å². The summed E-state index contributed by atoms with van der Waals surface area (Å²) in [6.07, 6.45) is 2.22. The molecule has 2 aliphatic rings. The Morgan fingerprint density at radius 1 is 0.933 bits per heavy atom. The van der Waals surface area contributed by atoms with E-state index in [0.717, 1.165) is 30.5 Å². The number of hydrogen-bond acceptors (Lipinski definition) is 4. The molecule has 1 aliphatic heterocycles. The van der Waals surface area contributed by atoms with Gasteiger partial charge in [0.25, 0.3) is 5.91 Å². The monoisotopic (exact) mass is 417 g/mol. The third kappa shape index (κ3) is 3.32. The average Bonchev–Trinajstić information content (AvgIpc) is 3.45. The number of carbonyl (C=O) groups excluding carboxylic acids is 2. The van der Waals surface area contributed by atoms with Crippen molar-refractivity contribution in [1.82, 2.24) is 15.1 Å². The lowest BCUT2D eigenvalue weighted by atomic mass is 9.83. The number of urea groups is 1. The van der Waals surface area contributed by atoms with E-state index >= 15 is 0 Å². The summed E-state index contributed by atoms with van der Waals surface area (Å²) in [7, 11) is 0. The topological polar surface area (TPSA) is 52.7 Å². The largest absolute Gasteiger partial charge is 0.326 e. The van der Waals surface area contributed by atoms with Crippen molar-refractivity contribution in [2.24, 2.45) is 0 Å². The first-order valence-electron chi connectivity index (χ1n) is 10.2. The second kappa shape index (κ2) is 7.70. The third-order valence-electron chi connectivity index (χ3n) is 5.84. The highest BCUT2D eigenvalue weighted by atomic mass is 32.1. The van der Waals surface area contributed by atoms with Gasteiger partial charge in [0.1, 0.15) is 0 Å². The highest BCUT2D eigenvalue weighted by Crippen LogP contribution is 2.37. The Labute approximate surface area is 179 Å². The van der Waals surface area contributed by atoms with E-state index in [-0.39, 0.29) is 11.9 Å². The Balaban J connectivity index is 1.49. The van der Waals surface area contributed by atoms with Crippen molar-refractivity contribution in [3.63, 3.8) is 0 Å². The van der Waals surface area contributed by atoms with Gasteiger partial charge in [-0.25, -0.2) is 9.69 Å². The number of carbonyl (C=O) groups is 2. The Morgan fingerprint density at radius 3 is 2.10 bits per heavy atom. The Bertz CT molecular complexity index is 993. The summed E-state index contributed by atoms with van der Waals surface area (Å²) in [5.74, 6) is -0.221. The zero-order valence-corrected chi connectivity index (χ0v) is 17.3. The lowest BCUT2D eigenvalue weighted by molar-refractivity contribution is -0.131. The second-order valence-corrected chi connectivity index (χ2v) is 8.88. The van der Waals surface area contributed by atoms with Gasteiger partial charge in [0.05, 0.1) is 6.67 Å². The van der Waals surface area contributed by atoms with Crippen molar-refractivity contribution in [3.05, 3.63) is 94.2 Å². The van der Waals surface area contributed by atoms with Crippen LogP contribution in [-0.4, -0.2) is 34.4 Å². The molecule has 0 spiro atoms. The van der Waals surface area contributed by atoms with Crippen LogP contribution in [0, 0.1) is 0 Å². The minimum Gasteiger partial charge on any atom is -0.315 e. The molecule has 5 nitrogen and oxygen atoms in total. The molecular weight excluding hydrogens is 394 g/mol. The highest BCUT2D eigenvalue weighted by Gasteiger charge is 2.54. The van der Waals surface area contributed by atoms with Crippen molar-refractivity contribution in [3.8, 4) is 0 Å². The number of nitrogens with one attached hydrogen (secondary N) is 1. The second-order valence-electron chi connectivity index (χ2n) is 7.84. The zero-order valence-electron chi connectivity index (χ0n) is 16.5. The van der Waals surface area contributed by atoms with Gasteiger partial charge in [-0.1, -0.05) is 66.7 Å². The normalized spacial score (nSPS) is 18.1. The van der Waals surface area contributed by atoms with E-state index in [0.29, 0.717) is 12.7 Å². The minimum absolute atomic E-state index is 0.221. The highest BCUT2D eigenvalue weighted by molar-refractivity contribution is 7.09. The molecule has 1 saturated carbocycles. The van der Waals surface area contributed by atoms with Crippen LogP contribution >= 0.6 is 11.3 Å². The van der Waals surface area contributed by atoms with E-state index in [9.17, 15) is 9.59 Å². The first kappa shape index (κ1) is 19.0. The van der Waals surface area contributed by atoms with Gasteiger partial charge in [-0.15, -0.1) is 11.3 Å². The van der Waals surface area contributed by atoms with Crippen LogP contribution in [0.4, 0.5) is 4.79 Å². The molecule has 1 saturated heterocycles. The number of benzene rings is 2. The van der Waals surface area contributed by atoms with Gasteiger partial charge >= 0.3 is 6.03 Å². The van der Waals surface area contributed by atoms with Crippen LogP contribution in [0.5, 0.6) is 0 Å². The predicted octanol–water partition coefficient (Wildman–Crippen LogP) is 4.17. The molecule has 0 atom stereocenters. The fraction of sp³-hybridized carbons (Fsp3) is 0.250. The Hall–Kier alpha value is -2.96. The molecule has 5 rings (SSSR count). The molecule has 152 valence electrons. The first-order valence-corrected chi connectivity index (χ1v) is 11.1. The van der Waals surface area contributed by atoms with Gasteiger partial charge in [-0.2, -0.15) is 0 Å². The summed E-state index contributed by atoms with van der Waals surface area (Å²) in [5.41, 5.74) is 0.346. The van der Waals surface area contributed by atoms with Crippen molar-refractivity contribution >= 4 is 23.3 Å². The number of hydrogen-bond donors (Lipinski definition) is 1. The van der Waals surface area contributed by atoms with E-state index in [1.807, 2.05) is 66.7 Å². The standard InChI is InChI=1S/C24H23N3O2S/c28-22-24(18-8-3-1-4-9-18,19-10-5-2-6-11-19)25-23(29)27(22)17-26(20-13-14-20)16-21-12-7-15-30-21/h1-12,15,20H,13-14,16-17H2,(H,25,29). The number of nitrogens with zero attached hydrogens (tertiary/aromatic N) is 2. The first-order chi connectivity index (χ1) is 14.7. The van der Waals surface area contributed by atoms with Gasteiger partial charge in [0.15, 0.2) is 5.54 Å². The summed E-state index contributed by atoms with van der Waals surface area (Å²) in [6, 6.07) is 23.2. The predicted molar refractivity (Wildman–Crippen MR) is 117 cm³/mol. The van der Waals surface area contributed by atoms with E-state index in [1.165, 1.54) is 9.78 Å². The van der Waals surface area contributed by atoms with E-state index in [1.54, 1.807) is 11.3 Å². The van der Waals surface area contributed by atoms with Crippen molar-refractivity contribution < 1.29 is 9.59 Å². The molecular formula is C24H23N3O2S. The Morgan fingerprint density at radius 2 is 1.57 bits per heavy atom. The van der Waals surface area contributed by atoms with Crippen molar-refractivity contribution in [1.29, 1.82) is 0 Å². The summed E-state index contributed by atoms with van der Waals surface area (Å²) in [4.78, 5) is 31.8. The minimum atomic E-state index is -1.20. The van der Waals surface area contributed by atoms with Crippen LogP contribution in [0.2, 0.25) is 0 Å². The fourth-order valence-electron chi connectivity index (χ4n) is 4.16. The van der Waals surface area contributed by atoms with Crippen LogP contribution in [0.1, 0.15) is 28.8 Å². The van der Waals surface area contributed by atoms with Gasteiger partial charge in [0.2, 0.25) is 0 Å². The van der Waals surface area contributed by atoms with Gasteiger partial charge in [-0.05, 0) is 35.4 Å². The molecule has 2 fully saturated rings. The SMILES string of the molecule is O=C1NC(c2ccccc2)(c2ccccc2)C(=O)N1CN(Cc1cccs1)C1CC1. The molecule has 3 amide bonds. The van der Waals surface area contributed by atoms with Crippen LogP contribution in [-0.2, 0) is 16.9 Å². The summed E-state index contributed by atoms with van der Waals surface area (Å²) in [6.45, 7) is 1.05.